The van der Waals surface area contributed by atoms with Crippen molar-refractivity contribution in [2.24, 2.45) is 0 Å². The minimum atomic E-state index is -1.10. The lowest BCUT2D eigenvalue weighted by molar-refractivity contribution is 0.0693. The van der Waals surface area contributed by atoms with E-state index in [1.165, 1.54) is 6.07 Å². The van der Waals surface area contributed by atoms with Gasteiger partial charge in [0, 0.05) is 0 Å². The fraction of sp³-hybridized carbons (Fsp3) is 0.417. The van der Waals surface area contributed by atoms with E-state index in [9.17, 15) is 9.90 Å². The lowest BCUT2D eigenvalue weighted by Crippen LogP contribution is -2.14. The Labute approximate surface area is 89.4 Å². The summed E-state index contributed by atoms with van der Waals surface area (Å²) in [6.45, 7) is 7.81. The van der Waals surface area contributed by atoms with Crippen molar-refractivity contribution in [2.45, 2.75) is 33.1 Å². The van der Waals surface area contributed by atoms with Crippen LogP contribution in [0, 0.1) is 6.92 Å². The van der Waals surface area contributed by atoms with Crippen LogP contribution in [0.4, 0.5) is 0 Å². The number of rotatable bonds is 1. The number of aromatic carboxylic acids is 1. The van der Waals surface area contributed by atoms with Gasteiger partial charge >= 0.3 is 5.97 Å². The summed E-state index contributed by atoms with van der Waals surface area (Å²) in [7, 11) is 0. The largest absolute Gasteiger partial charge is 0.507 e. The van der Waals surface area contributed by atoms with Crippen LogP contribution in [0.5, 0.6) is 5.75 Å². The Morgan fingerprint density at radius 1 is 1.27 bits per heavy atom. The second kappa shape index (κ2) is 3.57. The summed E-state index contributed by atoms with van der Waals surface area (Å²) in [5.74, 6) is -1.23. The molecule has 0 atom stereocenters. The zero-order valence-corrected chi connectivity index (χ0v) is 9.46. The van der Waals surface area contributed by atoms with Gasteiger partial charge in [-0.1, -0.05) is 26.8 Å². The van der Waals surface area contributed by atoms with Crippen LogP contribution in [0.15, 0.2) is 12.1 Å². The van der Waals surface area contributed by atoms with Crippen molar-refractivity contribution in [1.29, 1.82) is 0 Å². The molecule has 1 aromatic carbocycles. The first-order valence-electron chi connectivity index (χ1n) is 4.81. The molecule has 0 heterocycles. The molecule has 0 fully saturated rings. The van der Waals surface area contributed by atoms with Gasteiger partial charge in [-0.15, -0.1) is 0 Å². The molecule has 0 saturated carbocycles. The minimum absolute atomic E-state index is 0.0412. The summed E-state index contributed by atoms with van der Waals surface area (Å²) in [6, 6.07) is 3.21. The summed E-state index contributed by atoms with van der Waals surface area (Å²) < 4.78 is 0. The van der Waals surface area contributed by atoms with Gasteiger partial charge in [0.1, 0.15) is 11.3 Å². The topological polar surface area (TPSA) is 57.5 Å². The zero-order chi connectivity index (χ0) is 11.8. The van der Waals surface area contributed by atoms with Crippen molar-refractivity contribution in [2.75, 3.05) is 0 Å². The number of phenols is 1. The Morgan fingerprint density at radius 2 is 1.80 bits per heavy atom. The molecule has 0 aliphatic rings. The maximum absolute atomic E-state index is 10.8. The van der Waals surface area contributed by atoms with Crippen LogP contribution < -0.4 is 0 Å². The zero-order valence-electron chi connectivity index (χ0n) is 9.46. The van der Waals surface area contributed by atoms with Gasteiger partial charge in [-0.25, -0.2) is 4.79 Å². The third kappa shape index (κ3) is 2.12. The summed E-state index contributed by atoms with van der Waals surface area (Å²) in [5.41, 5.74) is 1.46. The third-order valence-corrected chi connectivity index (χ3v) is 2.47. The monoisotopic (exact) mass is 208 g/mol. The van der Waals surface area contributed by atoms with Crippen molar-refractivity contribution >= 4 is 5.97 Å². The second-order valence-corrected chi connectivity index (χ2v) is 4.69. The average molecular weight is 208 g/mol. The molecule has 0 unspecified atom stereocenters. The van der Waals surface area contributed by atoms with Crippen molar-refractivity contribution < 1.29 is 15.0 Å². The summed E-state index contributed by atoms with van der Waals surface area (Å²) >= 11 is 0. The van der Waals surface area contributed by atoms with E-state index in [0.29, 0.717) is 5.56 Å². The van der Waals surface area contributed by atoms with Crippen LogP contribution in [-0.2, 0) is 5.41 Å². The molecule has 3 nitrogen and oxygen atoms in total. The number of aromatic hydroxyl groups is 1. The molecule has 0 aromatic heterocycles. The molecule has 0 aliphatic carbocycles. The molecule has 15 heavy (non-hydrogen) atoms. The van der Waals surface area contributed by atoms with E-state index >= 15 is 0 Å². The van der Waals surface area contributed by atoms with E-state index in [0.717, 1.165) is 5.56 Å². The second-order valence-electron chi connectivity index (χ2n) is 4.69. The number of carboxylic acid groups (broad SMARTS) is 1. The van der Waals surface area contributed by atoms with Crippen LogP contribution >= 0.6 is 0 Å². The summed E-state index contributed by atoms with van der Waals surface area (Å²) in [4.78, 5) is 10.8. The lowest BCUT2D eigenvalue weighted by atomic mass is 9.83. The quantitative estimate of drug-likeness (QED) is 0.746. The van der Waals surface area contributed by atoms with Crippen molar-refractivity contribution in [3.63, 3.8) is 0 Å². The van der Waals surface area contributed by atoms with Crippen LogP contribution in [0.25, 0.3) is 0 Å². The molecule has 0 saturated heterocycles. The molecule has 3 heteroatoms. The highest BCUT2D eigenvalue weighted by molar-refractivity contribution is 5.91. The fourth-order valence-electron chi connectivity index (χ4n) is 1.69. The summed E-state index contributed by atoms with van der Waals surface area (Å²) in [5, 5.41) is 18.6. The number of hydrogen-bond acceptors (Lipinski definition) is 2. The van der Waals surface area contributed by atoms with Gasteiger partial charge in [0.15, 0.2) is 0 Å². The number of hydrogen-bond donors (Lipinski definition) is 2. The van der Waals surface area contributed by atoms with Gasteiger partial charge in [0.2, 0.25) is 0 Å². The summed E-state index contributed by atoms with van der Waals surface area (Å²) in [6.07, 6.45) is 0. The number of carboxylic acids is 1. The molecule has 0 bridgehead atoms. The Hall–Kier alpha value is -1.51. The number of benzene rings is 1. The van der Waals surface area contributed by atoms with Gasteiger partial charge in [-0.3, -0.25) is 0 Å². The average Bonchev–Trinajstić information content (AvgIpc) is 2.06. The molecule has 0 amide bonds. The maximum Gasteiger partial charge on any atom is 0.339 e. The molecule has 2 N–H and O–H groups in total. The third-order valence-electron chi connectivity index (χ3n) is 2.47. The molecule has 0 spiro atoms. The predicted octanol–water partition coefficient (Wildman–Crippen LogP) is 2.70. The Kier molecular flexibility index (Phi) is 2.75. The first-order valence-corrected chi connectivity index (χ1v) is 4.81. The van der Waals surface area contributed by atoms with Gasteiger partial charge < -0.3 is 10.2 Å². The highest BCUT2D eigenvalue weighted by atomic mass is 16.4. The Balaban J connectivity index is 3.41. The SMILES string of the molecule is Cc1c(C(C)(C)C)ccc(C(=O)O)c1O. The molecule has 1 aromatic rings. The van der Waals surface area contributed by atoms with E-state index in [-0.39, 0.29) is 16.7 Å². The Morgan fingerprint density at radius 3 is 2.20 bits per heavy atom. The molecule has 0 aliphatic heterocycles. The highest BCUT2D eigenvalue weighted by Crippen LogP contribution is 2.32. The first-order chi connectivity index (χ1) is 6.75. The lowest BCUT2D eigenvalue weighted by Gasteiger charge is -2.22. The number of carbonyl (C=O) groups is 1. The van der Waals surface area contributed by atoms with Crippen LogP contribution in [0.1, 0.15) is 42.3 Å². The van der Waals surface area contributed by atoms with E-state index in [4.69, 9.17) is 5.11 Å². The van der Waals surface area contributed by atoms with Crippen LogP contribution in [-0.4, -0.2) is 16.2 Å². The van der Waals surface area contributed by atoms with Gasteiger partial charge in [-0.2, -0.15) is 0 Å². The van der Waals surface area contributed by atoms with E-state index < -0.39 is 5.97 Å². The van der Waals surface area contributed by atoms with Crippen LogP contribution in [0.3, 0.4) is 0 Å². The maximum atomic E-state index is 10.8. The van der Waals surface area contributed by atoms with Crippen molar-refractivity contribution in [3.05, 3.63) is 28.8 Å². The predicted molar refractivity (Wildman–Crippen MR) is 58.5 cm³/mol. The molecule has 0 radical (unpaired) electrons. The highest BCUT2D eigenvalue weighted by Gasteiger charge is 2.21. The molecule has 1 rings (SSSR count). The van der Waals surface area contributed by atoms with Crippen LogP contribution in [0.2, 0.25) is 0 Å². The normalized spacial score (nSPS) is 11.5. The van der Waals surface area contributed by atoms with Crippen molar-refractivity contribution in [3.8, 4) is 5.75 Å². The minimum Gasteiger partial charge on any atom is -0.507 e. The van der Waals surface area contributed by atoms with Gasteiger partial charge in [-0.05, 0) is 29.5 Å². The standard InChI is InChI=1S/C12H16O3/c1-7-9(12(2,3)4)6-5-8(10(7)13)11(14)15/h5-6,13H,1-4H3,(H,14,15). The molecule has 82 valence electrons. The smallest absolute Gasteiger partial charge is 0.339 e. The first kappa shape index (κ1) is 11.6. The van der Waals surface area contributed by atoms with Crippen molar-refractivity contribution in [1.82, 2.24) is 0 Å². The fourth-order valence-corrected chi connectivity index (χ4v) is 1.69. The Bertz CT molecular complexity index is 400. The van der Waals surface area contributed by atoms with E-state index in [1.54, 1.807) is 13.0 Å². The van der Waals surface area contributed by atoms with Gasteiger partial charge in [0.25, 0.3) is 0 Å². The molecular weight excluding hydrogens is 192 g/mol. The molecular formula is C12H16O3. The van der Waals surface area contributed by atoms with E-state index in [2.05, 4.69) is 0 Å². The van der Waals surface area contributed by atoms with Gasteiger partial charge in [0.05, 0.1) is 0 Å². The van der Waals surface area contributed by atoms with E-state index in [1.807, 2.05) is 20.8 Å².